The number of nitrogens with one attached hydrogen (secondary N) is 1. The fourth-order valence-corrected chi connectivity index (χ4v) is 7.44. The molecule has 4 fully saturated rings. The summed E-state index contributed by atoms with van der Waals surface area (Å²) < 4.78 is 10.5. The summed E-state index contributed by atoms with van der Waals surface area (Å²) in [6.07, 6.45) is 10.6. The monoisotopic (exact) mass is 349 g/mol. The molecule has 0 aromatic heterocycles. The van der Waals surface area contributed by atoms with Crippen molar-refractivity contribution >= 4 is 6.09 Å². The van der Waals surface area contributed by atoms with Gasteiger partial charge in [-0.25, -0.2) is 4.79 Å². The summed E-state index contributed by atoms with van der Waals surface area (Å²) in [6, 6.07) is 0.306. The van der Waals surface area contributed by atoms with E-state index >= 15 is 0 Å². The zero-order valence-corrected chi connectivity index (χ0v) is 16.3. The van der Waals surface area contributed by atoms with Crippen molar-refractivity contribution in [3.05, 3.63) is 0 Å². The fourth-order valence-electron chi connectivity index (χ4n) is 7.44. The quantitative estimate of drug-likeness (QED) is 0.805. The summed E-state index contributed by atoms with van der Waals surface area (Å²) in [5.41, 5.74) is 0.794. The Balaban J connectivity index is 1.49. The van der Waals surface area contributed by atoms with E-state index < -0.39 is 0 Å². The van der Waals surface area contributed by atoms with Gasteiger partial charge in [0.1, 0.15) is 0 Å². The molecule has 0 aromatic carbocycles. The van der Waals surface area contributed by atoms with Crippen LogP contribution in [-0.4, -0.2) is 32.5 Å². The lowest BCUT2D eigenvalue weighted by Crippen LogP contribution is -2.66. The number of rotatable bonds is 2. The maximum Gasteiger partial charge on any atom is 0.407 e. The third-order valence-corrected chi connectivity index (χ3v) is 9.15. The number of hydrogen-bond acceptors (Lipinski definition) is 3. The van der Waals surface area contributed by atoms with Crippen LogP contribution in [0.15, 0.2) is 0 Å². The summed E-state index contributed by atoms with van der Waals surface area (Å²) in [6.45, 7) is 5.00. The first-order chi connectivity index (χ1) is 11.9. The molecule has 4 aliphatic rings. The van der Waals surface area contributed by atoms with Crippen molar-refractivity contribution < 1.29 is 14.3 Å². The van der Waals surface area contributed by atoms with E-state index in [0.29, 0.717) is 17.6 Å². The smallest absolute Gasteiger partial charge is 0.407 e. The highest BCUT2D eigenvalue weighted by atomic mass is 16.5. The zero-order valence-electron chi connectivity index (χ0n) is 16.3. The molecule has 0 radical (unpaired) electrons. The summed E-state index contributed by atoms with van der Waals surface area (Å²) in [5.74, 6) is 3.36. The first kappa shape index (κ1) is 17.6. The minimum atomic E-state index is -0.264. The highest BCUT2D eigenvalue weighted by molar-refractivity contribution is 5.67. The van der Waals surface area contributed by atoms with Gasteiger partial charge in [0.25, 0.3) is 0 Å². The Kier molecular flexibility index (Phi) is 4.33. The SMILES string of the molecule is COC(=O)NC1CC2C3CCC4CC(OC)CC[C@]4(C)C3CC[C@@]12C. The number of methoxy groups -OCH3 is 2. The number of carbonyl (C=O) groups excluding carboxylic acids is 1. The van der Waals surface area contributed by atoms with Crippen molar-refractivity contribution in [3.8, 4) is 0 Å². The third kappa shape index (κ3) is 2.54. The average molecular weight is 350 g/mol. The topological polar surface area (TPSA) is 47.6 Å². The van der Waals surface area contributed by atoms with Crippen molar-refractivity contribution in [2.75, 3.05) is 14.2 Å². The molecule has 0 aliphatic heterocycles. The summed E-state index contributed by atoms with van der Waals surface area (Å²) in [5, 5.41) is 3.10. The van der Waals surface area contributed by atoms with Gasteiger partial charge in [-0.3, -0.25) is 0 Å². The second-order valence-corrected chi connectivity index (χ2v) is 9.76. The van der Waals surface area contributed by atoms with Crippen molar-refractivity contribution in [2.24, 2.45) is 34.5 Å². The van der Waals surface area contributed by atoms with Crippen LogP contribution in [0.25, 0.3) is 0 Å². The van der Waals surface area contributed by atoms with Gasteiger partial charge in [-0.1, -0.05) is 13.8 Å². The van der Waals surface area contributed by atoms with Crippen LogP contribution < -0.4 is 5.32 Å². The van der Waals surface area contributed by atoms with E-state index in [0.717, 1.165) is 30.1 Å². The molecular weight excluding hydrogens is 314 g/mol. The van der Waals surface area contributed by atoms with E-state index in [-0.39, 0.29) is 11.5 Å². The van der Waals surface area contributed by atoms with Crippen LogP contribution in [0.1, 0.15) is 65.2 Å². The molecule has 4 heteroatoms. The minimum Gasteiger partial charge on any atom is -0.453 e. The van der Waals surface area contributed by atoms with Crippen molar-refractivity contribution in [1.82, 2.24) is 5.32 Å². The largest absolute Gasteiger partial charge is 0.453 e. The van der Waals surface area contributed by atoms with Gasteiger partial charge in [-0.15, -0.1) is 0 Å². The Morgan fingerprint density at radius 2 is 1.72 bits per heavy atom. The van der Waals surface area contributed by atoms with Gasteiger partial charge in [0.15, 0.2) is 0 Å². The van der Waals surface area contributed by atoms with Gasteiger partial charge in [-0.2, -0.15) is 0 Å². The van der Waals surface area contributed by atoms with Crippen LogP contribution in [0, 0.1) is 34.5 Å². The molecule has 25 heavy (non-hydrogen) atoms. The Labute approximate surface area is 152 Å². The van der Waals surface area contributed by atoms with Crippen LogP contribution in [0.5, 0.6) is 0 Å². The van der Waals surface area contributed by atoms with Crippen LogP contribution in [0.2, 0.25) is 0 Å². The maximum absolute atomic E-state index is 11.7. The maximum atomic E-state index is 11.7. The van der Waals surface area contributed by atoms with E-state index in [2.05, 4.69) is 19.2 Å². The molecule has 8 atom stereocenters. The lowest BCUT2D eigenvalue weighted by Gasteiger charge is -2.67. The van der Waals surface area contributed by atoms with Crippen LogP contribution >= 0.6 is 0 Å². The second kappa shape index (κ2) is 6.14. The predicted octanol–water partition coefficient (Wildman–Crippen LogP) is 4.38. The van der Waals surface area contributed by atoms with Gasteiger partial charge >= 0.3 is 6.09 Å². The van der Waals surface area contributed by atoms with Crippen LogP contribution in [-0.2, 0) is 9.47 Å². The molecule has 0 spiro atoms. The number of ether oxygens (including phenoxy) is 2. The third-order valence-electron chi connectivity index (χ3n) is 9.15. The second-order valence-electron chi connectivity index (χ2n) is 9.76. The van der Waals surface area contributed by atoms with Gasteiger partial charge in [-0.05, 0) is 85.9 Å². The Morgan fingerprint density at radius 1 is 0.960 bits per heavy atom. The Bertz CT molecular complexity index is 537. The molecule has 0 aromatic rings. The zero-order chi connectivity index (χ0) is 17.8. The molecule has 4 rings (SSSR count). The van der Waals surface area contributed by atoms with E-state index in [9.17, 15) is 4.79 Å². The highest BCUT2D eigenvalue weighted by Gasteiger charge is 2.63. The number of alkyl carbamates (subject to hydrolysis) is 1. The number of amides is 1. The van der Waals surface area contributed by atoms with Crippen LogP contribution in [0.3, 0.4) is 0 Å². The summed E-state index contributed by atoms with van der Waals surface area (Å²) in [4.78, 5) is 11.7. The Morgan fingerprint density at radius 3 is 2.44 bits per heavy atom. The molecule has 0 heterocycles. The molecule has 142 valence electrons. The highest BCUT2D eigenvalue weighted by Crippen LogP contribution is 2.67. The molecule has 4 saturated carbocycles. The van der Waals surface area contributed by atoms with Crippen molar-refractivity contribution in [2.45, 2.75) is 77.4 Å². The first-order valence-corrected chi connectivity index (χ1v) is 10.3. The van der Waals surface area contributed by atoms with Crippen molar-refractivity contribution in [3.63, 3.8) is 0 Å². The number of fused-ring (bicyclic) bond motifs is 5. The summed E-state index contributed by atoms with van der Waals surface area (Å²) >= 11 is 0. The lowest BCUT2D eigenvalue weighted by molar-refractivity contribution is -0.172. The fraction of sp³-hybridized carbons (Fsp3) is 0.952. The normalized spacial score (nSPS) is 51.4. The van der Waals surface area contributed by atoms with Gasteiger partial charge in [0.2, 0.25) is 0 Å². The molecule has 4 nitrogen and oxygen atoms in total. The lowest BCUT2D eigenvalue weighted by atomic mass is 9.39. The van der Waals surface area contributed by atoms with Crippen LogP contribution in [0.4, 0.5) is 4.79 Å². The molecule has 0 saturated heterocycles. The summed E-state index contributed by atoms with van der Waals surface area (Å²) in [7, 11) is 3.34. The van der Waals surface area contributed by atoms with E-state index in [1.165, 1.54) is 52.1 Å². The molecular formula is C21H35NO3. The molecule has 4 aliphatic carbocycles. The average Bonchev–Trinajstić information content (AvgIpc) is 2.61. The predicted molar refractivity (Wildman–Crippen MR) is 97.2 cm³/mol. The van der Waals surface area contributed by atoms with Gasteiger partial charge < -0.3 is 14.8 Å². The van der Waals surface area contributed by atoms with E-state index in [1.807, 2.05) is 7.11 Å². The Hall–Kier alpha value is -0.770. The first-order valence-electron chi connectivity index (χ1n) is 10.3. The number of carbonyl (C=O) groups is 1. The van der Waals surface area contributed by atoms with Gasteiger partial charge in [0, 0.05) is 13.2 Å². The van der Waals surface area contributed by atoms with Crippen molar-refractivity contribution in [1.29, 1.82) is 0 Å². The minimum absolute atomic E-state index is 0.264. The molecule has 1 amide bonds. The molecule has 1 N–H and O–H groups in total. The van der Waals surface area contributed by atoms with E-state index in [1.54, 1.807) is 0 Å². The number of hydrogen-bond donors (Lipinski definition) is 1. The molecule has 6 unspecified atom stereocenters. The van der Waals surface area contributed by atoms with E-state index in [4.69, 9.17) is 9.47 Å². The molecule has 0 bridgehead atoms. The standard InChI is InChI=1S/C21H35NO3/c1-20-9-7-14(24-3)11-13(20)5-6-15-16(20)8-10-21(2)17(15)12-18(21)22-19(23)25-4/h13-18H,5-12H2,1-4H3,(H,22,23)/t13?,14?,15?,16?,17?,18?,20-,21+/m0/s1. The van der Waals surface area contributed by atoms with Gasteiger partial charge in [0.05, 0.1) is 13.2 Å².